The Morgan fingerprint density at radius 2 is 1.88 bits per heavy atom. The van der Waals surface area contributed by atoms with E-state index in [2.05, 4.69) is 18.2 Å². The molecular formula is C12H9NO2S2. The van der Waals surface area contributed by atoms with Gasteiger partial charge >= 0.3 is 0 Å². The molecule has 1 aliphatic carbocycles. The fraction of sp³-hybridized carbons (Fsp3) is 0.333. The highest BCUT2D eigenvalue weighted by atomic mass is 32.2. The Balaban J connectivity index is 1.75. The second-order valence-electron chi connectivity index (χ2n) is 4.58. The highest BCUT2D eigenvalue weighted by Crippen LogP contribution is 2.77. The summed E-state index contributed by atoms with van der Waals surface area (Å²) in [6.45, 7) is 0. The molecule has 0 bridgehead atoms. The number of thioether (sulfide) groups is 2. The highest BCUT2D eigenvalue weighted by Gasteiger charge is 2.80. The van der Waals surface area contributed by atoms with Crippen molar-refractivity contribution < 1.29 is 4.92 Å². The molecule has 1 aromatic rings. The zero-order chi connectivity index (χ0) is 11.7. The maximum Gasteiger partial charge on any atom is 0.299 e. The van der Waals surface area contributed by atoms with Crippen molar-refractivity contribution in [3.8, 4) is 0 Å². The van der Waals surface area contributed by atoms with Gasteiger partial charge in [-0.2, -0.15) is 0 Å². The van der Waals surface area contributed by atoms with Gasteiger partial charge in [0.2, 0.25) is 0 Å². The summed E-state index contributed by atoms with van der Waals surface area (Å²) in [5.41, 5.74) is 1.27. The molecule has 17 heavy (non-hydrogen) atoms. The lowest BCUT2D eigenvalue weighted by molar-refractivity contribution is -0.513. The first-order chi connectivity index (χ1) is 8.19. The van der Waals surface area contributed by atoms with E-state index in [9.17, 15) is 10.1 Å². The average Bonchev–Trinajstić information content (AvgIpc) is 3.21. The van der Waals surface area contributed by atoms with Gasteiger partial charge in [-0.15, -0.1) is 11.8 Å². The average molecular weight is 263 g/mol. The molecule has 0 radical (unpaired) electrons. The molecule has 2 saturated heterocycles. The molecule has 4 rings (SSSR count). The van der Waals surface area contributed by atoms with Gasteiger partial charge in [0.15, 0.2) is 0 Å². The van der Waals surface area contributed by atoms with Crippen LogP contribution in [0.5, 0.6) is 0 Å². The lowest BCUT2D eigenvalue weighted by atomic mass is 9.87. The smallest absolute Gasteiger partial charge is 0.263 e. The molecule has 86 valence electrons. The summed E-state index contributed by atoms with van der Waals surface area (Å²) in [4.78, 5) is 10.1. The zero-order valence-electron chi connectivity index (χ0n) is 8.78. The van der Waals surface area contributed by atoms with Crippen LogP contribution in [0.25, 0.3) is 0 Å². The van der Waals surface area contributed by atoms with Crippen LogP contribution in [0.1, 0.15) is 5.56 Å². The number of hydrogen-bond donors (Lipinski definition) is 0. The molecule has 2 heterocycles. The van der Waals surface area contributed by atoms with E-state index in [-0.39, 0.29) is 14.9 Å². The quantitative estimate of drug-likeness (QED) is 0.356. The Labute approximate surface area is 107 Å². The Morgan fingerprint density at radius 1 is 1.12 bits per heavy atom. The minimum absolute atomic E-state index is 0.0228. The Bertz CT molecular complexity index is 547. The number of nitro groups is 1. The predicted molar refractivity (Wildman–Crippen MR) is 69.7 cm³/mol. The van der Waals surface area contributed by atoms with E-state index >= 15 is 0 Å². The van der Waals surface area contributed by atoms with Crippen LogP contribution >= 0.6 is 23.5 Å². The summed E-state index contributed by atoms with van der Waals surface area (Å²) in [6.07, 6.45) is 3.86. The first-order valence-corrected chi connectivity index (χ1v) is 7.21. The first-order valence-electron chi connectivity index (χ1n) is 5.45. The van der Waals surface area contributed by atoms with Crippen molar-refractivity contribution in [2.75, 3.05) is 0 Å². The number of benzene rings is 1. The van der Waals surface area contributed by atoms with Gasteiger partial charge in [-0.05, 0) is 5.56 Å². The van der Waals surface area contributed by atoms with Crippen LogP contribution in [0.15, 0.2) is 42.5 Å². The molecule has 2 aliphatic heterocycles. The van der Waals surface area contributed by atoms with Crippen LogP contribution in [0.2, 0.25) is 0 Å². The fourth-order valence-corrected chi connectivity index (χ4v) is 5.83. The van der Waals surface area contributed by atoms with Crippen LogP contribution in [0.4, 0.5) is 0 Å². The van der Waals surface area contributed by atoms with Crippen LogP contribution in [0.3, 0.4) is 0 Å². The van der Waals surface area contributed by atoms with E-state index < -0.39 is 4.87 Å². The van der Waals surface area contributed by atoms with Gasteiger partial charge in [-0.3, -0.25) is 10.1 Å². The van der Waals surface area contributed by atoms with Crippen molar-refractivity contribution in [2.45, 2.75) is 20.1 Å². The van der Waals surface area contributed by atoms with E-state index in [1.165, 1.54) is 17.3 Å². The van der Waals surface area contributed by atoms with Crippen molar-refractivity contribution in [3.63, 3.8) is 0 Å². The second-order valence-corrected chi connectivity index (χ2v) is 7.39. The molecule has 4 unspecified atom stereocenters. The largest absolute Gasteiger partial charge is 0.299 e. The molecule has 3 nitrogen and oxygen atoms in total. The second kappa shape index (κ2) is 2.90. The Kier molecular flexibility index (Phi) is 1.71. The third-order valence-corrected chi connectivity index (χ3v) is 7.09. The molecule has 5 heteroatoms. The summed E-state index contributed by atoms with van der Waals surface area (Å²) in [5, 5.41) is 11.6. The molecule has 3 aliphatic rings. The van der Waals surface area contributed by atoms with Gasteiger partial charge in [0, 0.05) is 16.2 Å². The van der Waals surface area contributed by atoms with Crippen LogP contribution < -0.4 is 0 Å². The maximum absolute atomic E-state index is 11.0. The molecule has 4 atom stereocenters. The molecule has 0 spiro atoms. The van der Waals surface area contributed by atoms with E-state index in [0.717, 1.165) is 0 Å². The van der Waals surface area contributed by atoms with Gasteiger partial charge in [0.05, 0.1) is 4.75 Å². The highest BCUT2D eigenvalue weighted by molar-refractivity contribution is 8.13. The molecular weight excluding hydrogens is 254 g/mol. The van der Waals surface area contributed by atoms with Gasteiger partial charge in [0.1, 0.15) is 5.25 Å². The number of rotatable bonds is 2. The summed E-state index contributed by atoms with van der Waals surface area (Å²) in [6, 6.07) is 10.3. The van der Waals surface area contributed by atoms with Gasteiger partial charge in [-0.1, -0.05) is 48.2 Å². The summed E-state index contributed by atoms with van der Waals surface area (Å²) >= 11 is 3.34. The lowest BCUT2D eigenvalue weighted by Crippen LogP contribution is -2.31. The zero-order valence-corrected chi connectivity index (χ0v) is 10.4. The van der Waals surface area contributed by atoms with Crippen molar-refractivity contribution in [2.24, 2.45) is 0 Å². The van der Waals surface area contributed by atoms with Crippen LogP contribution in [-0.4, -0.2) is 20.3 Å². The number of nitrogens with zero attached hydrogens (tertiary/aromatic N) is 1. The van der Waals surface area contributed by atoms with Crippen molar-refractivity contribution in [1.29, 1.82) is 0 Å². The number of hydrogen-bond acceptors (Lipinski definition) is 4. The summed E-state index contributed by atoms with van der Waals surface area (Å²) in [5.74, 6) is 0. The topological polar surface area (TPSA) is 43.1 Å². The van der Waals surface area contributed by atoms with E-state index in [0.29, 0.717) is 5.25 Å². The molecule has 0 amide bonds. The first kappa shape index (κ1) is 10.0. The summed E-state index contributed by atoms with van der Waals surface area (Å²) < 4.78 is 0.0228. The standard InChI is InChI=1S/C12H9NO2S2/c14-13(15)12-7-6-11(8-4-2-1-3-5-8)9(16-11)10(12)17-12/h1-7,9-10H. The van der Waals surface area contributed by atoms with Gasteiger partial charge in [0.25, 0.3) is 4.87 Å². The third-order valence-electron chi connectivity index (χ3n) is 3.71. The minimum atomic E-state index is -0.799. The molecule has 2 fully saturated rings. The maximum atomic E-state index is 11.0. The Morgan fingerprint density at radius 3 is 2.59 bits per heavy atom. The molecule has 0 N–H and O–H groups in total. The van der Waals surface area contributed by atoms with Gasteiger partial charge in [-0.25, -0.2) is 0 Å². The van der Waals surface area contributed by atoms with E-state index in [4.69, 9.17) is 0 Å². The van der Waals surface area contributed by atoms with Crippen LogP contribution in [-0.2, 0) is 4.75 Å². The van der Waals surface area contributed by atoms with Crippen molar-refractivity contribution in [1.82, 2.24) is 0 Å². The fourth-order valence-electron chi connectivity index (χ4n) is 2.66. The molecule has 0 saturated carbocycles. The number of fused-ring (bicyclic) bond motifs is 3. The normalized spacial score (nSPS) is 44.7. The van der Waals surface area contributed by atoms with Crippen molar-refractivity contribution in [3.05, 3.63) is 58.2 Å². The molecule has 0 aromatic heterocycles. The SMILES string of the molecule is O=[N+]([O-])C12C=CC3(c4ccccc4)SC3C1S2. The van der Waals surface area contributed by atoms with E-state index in [1.54, 1.807) is 0 Å². The lowest BCUT2D eigenvalue weighted by Gasteiger charge is -2.14. The van der Waals surface area contributed by atoms with Crippen LogP contribution in [0, 0.1) is 10.1 Å². The monoisotopic (exact) mass is 263 g/mol. The third kappa shape index (κ3) is 1.11. The summed E-state index contributed by atoms with van der Waals surface area (Å²) in [7, 11) is 0. The predicted octanol–water partition coefficient (Wildman–Crippen LogP) is 2.66. The molecule has 1 aromatic carbocycles. The Hall–Kier alpha value is -0.940. The van der Waals surface area contributed by atoms with Gasteiger partial charge < -0.3 is 0 Å². The van der Waals surface area contributed by atoms with Crippen molar-refractivity contribution >= 4 is 23.5 Å². The van der Waals surface area contributed by atoms with E-state index in [1.807, 2.05) is 36.0 Å². The minimum Gasteiger partial charge on any atom is -0.263 e.